The monoisotopic (exact) mass is 236 g/mol. The Balaban J connectivity index is 0.000000720. The molecule has 0 bridgehead atoms. The van der Waals surface area contributed by atoms with Gasteiger partial charge in [-0.2, -0.15) is 5.10 Å². The van der Waals surface area contributed by atoms with Crippen LogP contribution in [-0.2, 0) is 0 Å². The summed E-state index contributed by atoms with van der Waals surface area (Å²) in [5.74, 6) is 0. The van der Waals surface area contributed by atoms with Gasteiger partial charge in [-0.05, 0) is 11.4 Å². The molecule has 0 unspecified atom stereocenters. The van der Waals surface area contributed by atoms with E-state index in [2.05, 4.69) is 22.6 Å². The van der Waals surface area contributed by atoms with Crippen LogP contribution in [0.2, 0.25) is 0 Å². The first-order chi connectivity index (χ1) is 5.36. The Morgan fingerprint density at radius 3 is 2.69 bits per heavy atom. The van der Waals surface area contributed by atoms with Crippen LogP contribution in [0.15, 0.2) is 22.6 Å². The third-order valence-corrected chi connectivity index (χ3v) is 2.69. The highest BCUT2D eigenvalue weighted by Gasteiger charge is 2.12. The Kier molecular flexibility index (Phi) is 5.37. The van der Waals surface area contributed by atoms with E-state index in [1.807, 2.05) is 12.1 Å². The molecule has 1 aromatic rings. The lowest BCUT2D eigenvalue weighted by Crippen LogP contribution is -3.00. The average molecular weight is 237 g/mol. The largest absolute Gasteiger partial charge is 1.00 e. The summed E-state index contributed by atoms with van der Waals surface area (Å²) < 4.78 is 0. The molecule has 1 aliphatic rings. The van der Waals surface area contributed by atoms with Gasteiger partial charge in [0.1, 0.15) is 0 Å². The number of nitrogens with zero attached hydrogens (tertiary/aromatic N) is 2. The molecule has 2 heterocycles. The molecule has 0 radical (unpaired) electrons. The lowest BCUT2D eigenvalue weighted by molar-refractivity contribution is -0.00100. The molecule has 0 aliphatic carbocycles. The first-order valence-corrected chi connectivity index (χ1v) is 4.57. The second-order valence-corrected chi connectivity index (χ2v) is 3.60. The molecule has 0 saturated carbocycles. The third kappa shape index (κ3) is 2.86. The standard InChI is InChI=1S/C8H10N2S.2ClH/c1-10-5-4-7(9-10)8-3-2-6-11-8;;/h2-3,6H,4-5H2,1H3;2*1H/p-2. The Hall–Kier alpha value is -0.250. The number of hydrogen-bond acceptors (Lipinski definition) is 3. The number of halogens is 2. The van der Waals surface area contributed by atoms with E-state index in [9.17, 15) is 0 Å². The van der Waals surface area contributed by atoms with Crippen LogP contribution in [0.25, 0.3) is 0 Å². The van der Waals surface area contributed by atoms with E-state index in [0.717, 1.165) is 13.0 Å². The van der Waals surface area contributed by atoms with Crippen molar-refractivity contribution in [2.45, 2.75) is 6.42 Å². The zero-order chi connectivity index (χ0) is 7.68. The molecule has 0 fully saturated rings. The summed E-state index contributed by atoms with van der Waals surface area (Å²) in [6.07, 6.45) is 1.09. The summed E-state index contributed by atoms with van der Waals surface area (Å²) in [7, 11) is 2.01. The maximum absolute atomic E-state index is 4.39. The average Bonchev–Trinajstić information content (AvgIpc) is 2.55. The number of hydrazone groups is 1. The zero-order valence-electron chi connectivity index (χ0n) is 7.20. The van der Waals surface area contributed by atoms with Crippen LogP contribution in [0.1, 0.15) is 11.3 Å². The van der Waals surface area contributed by atoms with E-state index in [1.165, 1.54) is 10.6 Å². The summed E-state index contributed by atoms with van der Waals surface area (Å²) in [4.78, 5) is 1.31. The number of hydrogen-bond donors (Lipinski definition) is 0. The van der Waals surface area contributed by atoms with Gasteiger partial charge in [-0.15, -0.1) is 11.3 Å². The van der Waals surface area contributed by atoms with Crippen LogP contribution in [0.4, 0.5) is 0 Å². The molecule has 5 heteroatoms. The number of thiophene rings is 1. The molecular formula is C8H10Cl2N2S-2. The van der Waals surface area contributed by atoms with Gasteiger partial charge in [0.15, 0.2) is 0 Å². The van der Waals surface area contributed by atoms with Gasteiger partial charge in [-0.3, -0.25) is 5.01 Å². The molecule has 0 spiro atoms. The SMILES string of the molecule is CN1CCC(c2cccs2)=N1.[Cl-].[Cl-]. The first-order valence-electron chi connectivity index (χ1n) is 3.69. The fourth-order valence-corrected chi connectivity index (χ4v) is 1.93. The van der Waals surface area contributed by atoms with Gasteiger partial charge in [0, 0.05) is 20.0 Å². The highest BCUT2D eigenvalue weighted by Crippen LogP contribution is 2.16. The molecule has 13 heavy (non-hydrogen) atoms. The van der Waals surface area contributed by atoms with Crippen LogP contribution < -0.4 is 24.8 Å². The molecule has 2 nitrogen and oxygen atoms in total. The summed E-state index contributed by atoms with van der Waals surface area (Å²) in [5, 5.41) is 8.48. The molecule has 1 aromatic heterocycles. The van der Waals surface area contributed by atoms with E-state index in [4.69, 9.17) is 0 Å². The summed E-state index contributed by atoms with van der Waals surface area (Å²) in [6, 6.07) is 4.20. The van der Waals surface area contributed by atoms with Crippen molar-refractivity contribution in [1.29, 1.82) is 0 Å². The molecule has 0 amide bonds. The lowest BCUT2D eigenvalue weighted by Gasteiger charge is -2.00. The van der Waals surface area contributed by atoms with Crippen molar-refractivity contribution in [3.63, 3.8) is 0 Å². The Morgan fingerprint density at radius 2 is 2.23 bits per heavy atom. The van der Waals surface area contributed by atoms with Gasteiger partial charge < -0.3 is 24.8 Å². The van der Waals surface area contributed by atoms with Crippen molar-refractivity contribution in [2.75, 3.05) is 13.6 Å². The minimum Gasteiger partial charge on any atom is -1.00 e. The Morgan fingerprint density at radius 1 is 1.46 bits per heavy atom. The molecule has 0 aromatic carbocycles. The Labute approximate surface area is 94.5 Å². The highest BCUT2D eigenvalue weighted by molar-refractivity contribution is 7.12. The summed E-state index contributed by atoms with van der Waals surface area (Å²) in [5.41, 5.74) is 1.24. The fourth-order valence-electron chi connectivity index (χ4n) is 1.19. The van der Waals surface area contributed by atoms with Gasteiger partial charge in [-0.1, -0.05) is 6.07 Å². The first kappa shape index (κ1) is 12.8. The lowest BCUT2D eigenvalue weighted by atomic mass is 10.2. The molecule has 0 atom stereocenters. The maximum Gasteiger partial charge on any atom is 0.0795 e. The number of rotatable bonds is 1. The second kappa shape index (κ2) is 5.47. The molecule has 74 valence electrons. The van der Waals surface area contributed by atoms with Crippen LogP contribution in [0.3, 0.4) is 0 Å². The molecule has 0 N–H and O–H groups in total. The summed E-state index contributed by atoms with van der Waals surface area (Å²) in [6.45, 7) is 1.06. The van der Waals surface area contributed by atoms with Crippen LogP contribution in [0.5, 0.6) is 0 Å². The maximum atomic E-state index is 4.39. The van der Waals surface area contributed by atoms with Gasteiger partial charge in [-0.25, -0.2) is 0 Å². The van der Waals surface area contributed by atoms with Crippen molar-refractivity contribution in [3.8, 4) is 0 Å². The highest BCUT2D eigenvalue weighted by atomic mass is 35.5. The van der Waals surface area contributed by atoms with Crippen LogP contribution in [-0.4, -0.2) is 24.3 Å². The van der Waals surface area contributed by atoms with Crippen molar-refractivity contribution in [2.24, 2.45) is 5.10 Å². The minimum absolute atomic E-state index is 0. The van der Waals surface area contributed by atoms with Crippen LogP contribution >= 0.6 is 11.3 Å². The Bertz CT molecular complexity index is 272. The molecule has 1 aliphatic heterocycles. The topological polar surface area (TPSA) is 15.6 Å². The van der Waals surface area contributed by atoms with Crippen molar-refractivity contribution in [3.05, 3.63) is 22.4 Å². The van der Waals surface area contributed by atoms with Gasteiger partial charge in [0.2, 0.25) is 0 Å². The minimum atomic E-state index is 0. The smallest absolute Gasteiger partial charge is 0.0795 e. The quantitative estimate of drug-likeness (QED) is 0.483. The normalized spacial score (nSPS) is 14.5. The van der Waals surface area contributed by atoms with E-state index in [-0.39, 0.29) is 24.8 Å². The molecular weight excluding hydrogens is 227 g/mol. The second-order valence-electron chi connectivity index (χ2n) is 2.66. The van der Waals surface area contributed by atoms with Gasteiger partial charge in [0.05, 0.1) is 10.6 Å². The van der Waals surface area contributed by atoms with Crippen molar-refractivity contribution in [1.82, 2.24) is 5.01 Å². The van der Waals surface area contributed by atoms with Crippen molar-refractivity contribution < 1.29 is 24.8 Å². The van der Waals surface area contributed by atoms with E-state index in [0.29, 0.717) is 0 Å². The van der Waals surface area contributed by atoms with Crippen molar-refractivity contribution >= 4 is 17.0 Å². The molecule has 2 rings (SSSR count). The fraction of sp³-hybridized carbons (Fsp3) is 0.375. The predicted octanol–water partition coefficient (Wildman–Crippen LogP) is -4.20. The van der Waals surface area contributed by atoms with E-state index >= 15 is 0 Å². The molecule has 0 saturated heterocycles. The van der Waals surface area contributed by atoms with Crippen LogP contribution in [0, 0.1) is 0 Å². The summed E-state index contributed by atoms with van der Waals surface area (Å²) >= 11 is 1.76. The van der Waals surface area contributed by atoms with E-state index in [1.54, 1.807) is 11.3 Å². The van der Waals surface area contributed by atoms with Gasteiger partial charge >= 0.3 is 0 Å². The predicted molar refractivity (Wildman–Crippen MR) is 48.1 cm³/mol. The van der Waals surface area contributed by atoms with E-state index < -0.39 is 0 Å². The van der Waals surface area contributed by atoms with Gasteiger partial charge in [0.25, 0.3) is 0 Å². The third-order valence-electron chi connectivity index (χ3n) is 1.77. The zero-order valence-corrected chi connectivity index (χ0v) is 9.53.